The van der Waals surface area contributed by atoms with Gasteiger partial charge in [0.15, 0.2) is 5.16 Å². The summed E-state index contributed by atoms with van der Waals surface area (Å²) in [5, 5.41) is 3.09. The predicted octanol–water partition coefficient (Wildman–Crippen LogP) is 4.27. The van der Waals surface area contributed by atoms with Crippen LogP contribution in [0.5, 0.6) is 5.75 Å². The maximum absolute atomic E-state index is 13.3. The molecule has 164 valence electrons. The molecule has 0 atom stereocenters. The van der Waals surface area contributed by atoms with Crippen LogP contribution in [0.25, 0.3) is 10.9 Å². The van der Waals surface area contributed by atoms with Crippen LogP contribution in [0, 0.1) is 0 Å². The maximum Gasteiger partial charge on any atom is 0.262 e. The molecule has 0 radical (unpaired) electrons. The summed E-state index contributed by atoms with van der Waals surface area (Å²) in [5.74, 6) is 0.948. The van der Waals surface area contributed by atoms with E-state index in [9.17, 15) is 9.59 Å². The van der Waals surface area contributed by atoms with Crippen LogP contribution in [0.15, 0.2) is 76.0 Å². The third kappa shape index (κ3) is 5.03. The Hall–Kier alpha value is -3.10. The van der Waals surface area contributed by atoms with Gasteiger partial charge in [0.25, 0.3) is 5.56 Å². The fraction of sp³-hybridized carbons (Fsp3) is 0.208. The number of methoxy groups -OCH3 is 1. The first kappa shape index (κ1) is 22.1. The molecule has 0 N–H and O–H groups in total. The molecule has 32 heavy (non-hydrogen) atoms. The van der Waals surface area contributed by atoms with Crippen molar-refractivity contribution in [3.8, 4) is 5.75 Å². The zero-order valence-corrected chi connectivity index (χ0v) is 19.5. The van der Waals surface area contributed by atoms with Gasteiger partial charge in [-0.1, -0.05) is 42.1 Å². The monoisotopic (exact) mass is 465 g/mol. The standard InChI is InChI=1S/C24H23N3O3S2/c1-26(15-19-6-5-13-31-19)22(28)16-32-24-25-21-8-4-3-7-20(21)23(29)27(24)14-17-9-11-18(30-2)12-10-17/h3-13H,14-16H2,1-2H3. The van der Waals surface area contributed by atoms with E-state index in [-0.39, 0.29) is 17.2 Å². The average Bonchev–Trinajstić information content (AvgIpc) is 3.33. The number of fused-ring (bicyclic) bond motifs is 1. The number of amides is 1. The Morgan fingerprint density at radius 1 is 1.12 bits per heavy atom. The van der Waals surface area contributed by atoms with E-state index < -0.39 is 0 Å². The second-order valence-corrected chi connectivity index (χ2v) is 9.24. The van der Waals surface area contributed by atoms with Gasteiger partial charge in [0, 0.05) is 11.9 Å². The van der Waals surface area contributed by atoms with Gasteiger partial charge < -0.3 is 9.64 Å². The normalized spacial score (nSPS) is 10.9. The quantitative estimate of drug-likeness (QED) is 0.287. The minimum atomic E-state index is -0.117. The van der Waals surface area contributed by atoms with Crippen molar-refractivity contribution in [1.29, 1.82) is 0 Å². The first-order chi connectivity index (χ1) is 15.5. The Bertz CT molecular complexity index is 1270. The van der Waals surface area contributed by atoms with E-state index in [4.69, 9.17) is 9.72 Å². The van der Waals surface area contributed by atoms with Gasteiger partial charge in [0.2, 0.25) is 5.91 Å². The molecule has 2 heterocycles. The molecule has 0 fully saturated rings. The molecule has 0 aliphatic heterocycles. The summed E-state index contributed by atoms with van der Waals surface area (Å²) >= 11 is 2.92. The van der Waals surface area contributed by atoms with Crippen LogP contribution in [-0.2, 0) is 17.9 Å². The largest absolute Gasteiger partial charge is 0.497 e. The summed E-state index contributed by atoms with van der Waals surface area (Å²) in [6, 6.07) is 18.9. The summed E-state index contributed by atoms with van der Waals surface area (Å²) in [6.07, 6.45) is 0. The molecule has 0 saturated carbocycles. The summed E-state index contributed by atoms with van der Waals surface area (Å²) < 4.78 is 6.86. The van der Waals surface area contributed by atoms with Crippen molar-refractivity contribution < 1.29 is 9.53 Å². The van der Waals surface area contributed by atoms with E-state index in [1.165, 1.54) is 11.8 Å². The van der Waals surface area contributed by atoms with Gasteiger partial charge in [-0.2, -0.15) is 0 Å². The number of thiophene rings is 1. The SMILES string of the molecule is COc1ccc(Cn2c(SCC(=O)N(C)Cc3cccs3)nc3ccccc3c2=O)cc1. The van der Waals surface area contributed by atoms with Gasteiger partial charge in [-0.15, -0.1) is 11.3 Å². The van der Waals surface area contributed by atoms with E-state index in [1.807, 2.05) is 60.0 Å². The summed E-state index contributed by atoms with van der Waals surface area (Å²) in [7, 11) is 3.41. The van der Waals surface area contributed by atoms with Crippen LogP contribution in [0.2, 0.25) is 0 Å². The molecule has 0 spiro atoms. The molecule has 1 amide bonds. The predicted molar refractivity (Wildman–Crippen MR) is 130 cm³/mol. The molecule has 2 aromatic carbocycles. The Kier molecular flexibility index (Phi) is 6.92. The number of hydrogen-bond acceptors (Lipinski definition) is 6. The number of carbonyl (C=O) groups excluding carboxylic acids is 1. The highest BCUT2D eigenvalue weighted by atomic mass is 32.2. The topological polar surface area (TPSA) is 64.4 Å². The van der Waals surface area contributed by atoms with Crippen molar-refractivity contribution in [3.63, 3.8) is 0 Å². The van der Waals surface area contributed by atoms with Crippen molar-refractivity contribution in [2.45, 2.75) is 18.2 Å². The minimum Gasteiger partial charge on any atom is -0.497 e. The highest BCUT2D eigenvalue weighted by Gasteiger charge is 2.16. The fourth-order valence-corrected chi connectivity index (χ4v) is 4.97. The fourth-order valence-electron chi connectivity index (χ4n) is 3.27. The molecule has 0 aliphatic rings. The van der Waals surface area contributed by atoms with Gasteiger partial charge in [-0.25, -0.2) is 4.98 Å². The van der Waals surface area contributed by atoms with Crippen molar-refractivity contribution >= 4 is 39.9 Å². The van der Waals surface area contributed by atoms with Crippen molar-refractivity contribution in [3.05, 3.63) is 86.8 Å². The molecule has 0 aliphatic carbocycles. The Morgan fingerprint density at radius 2 is 1.91 bits per heavy atom. The first-order valence-corrected chi connectivity index (χ1v) is 11.9. The van der Waals surface area contributed by atoms with Crippen molar-refractivity contribution in [2.24, 2.45) is 0 Å². The smallest absolute Gasteiger partial charge is 0.262 e. The summed E-state index contributed by atoms with van der Waals surface area (Å²) in [6.45, 7) is 0.934. The minimum absolute atomic E-state index is 0.0122. The summed E-state index contributed by atoms with van der Waals surface area (Å²) in [4.78, 5) is 33.5. The lowest BCUT2D eigenvalue weighted by Gasteiger charge is -2.17. The highest BCUT2D eigenvalue weighted by molar-refractivity contribution is 7.99. The van der Waals surface area contributed by atoms with Crippen LogP contribution in [0.4, 0.5) is 0 Å². The zero-order valence-electron chi connectivity index (χ0n) is 17.9. The number of aromatic nitrogens is 2. The third-order valence-electron chi connectivity index (χ3n) is 5.05. The Balaban J connectivity index is 1.59. The lowest BCUT2D eigenvalue weighted by molar-refractivity contribution is -0.127. The number of carbonyl (C=O) groups is 1. The van der Waals surface area contributed by atoms with E-state index in [2.05, 4.69) is 0 Å². The van der Waals surface area contributed by atoms with Crippen LogP contribution < -0.4 is 10.3 Å². The van der Waals surface area contributed by atoms with Crippen LogP contribution in [0.1, 0.15) is 10.4 Å². The lowest BCUT2D eigenvalue weighted by atomic mass is 10.2. The van der Waals surface area contributed by atoms with Crippen LogP contribution in [0.3, 0.4) is 0 Å². The molecular formula is C24H23N3O3S2. The zero-order chi connectivity index (χ0) is 22.5. The number of thioether (sulfide) groups is 1. The maximum atomic E-state index is 13.3. The van der Waals surface area contributed by atoms with E-state index in [1.54, 1.807) is 41.0 Å². The third-order valence-corrected chi connectivity index (χ3v) is 6.87. The van der Waals surface area contributed by atoms with Gasteiger partial charge in [0.1, 0.15) is 5.75 Å². The van der Waals surface area contributed by atoms with Crippen LogP contribution >= 0.6 is 23.1 Å². The Labute approximate surface area is 194 Å². The average molecular weight is 466 g/mol. The second-order valence-electron chi connectivity index (χ2n) is 7.27. The van der Waals surface area contributed by atoms with Gasteiger partial charge in [-0.3, -0.25) is 14.2 Å². The van der Waals surface area contributed by atoms with E-state index >= 15 is 0 Å². The number of benzene rings is 2. The number of ether oxygens (including phenoxy) is 1. The van der Waals surface area contributed by atoms with E-state index in [0.717, 1.165) is 16.2 Å². The number of rotatable bonds is 8. The van der Waals surface area contributed by atoms with Crippen molar-refractivity contribution in [2.75, 3.05) is 19.9 Å². The number of para-hydroxylation sites is 1. The molecule has 2 aromatic heterocycles. The van der Waals surface area contributed by atoms with Gasteiger partial charge >= 0.3 is 0 Å². The second kappa shape index (κ2) is 10.0. The molecule has 0 saturated heterocycles. The van der Waals surface area contributed by atoms with Crippen molar-refractivity contribution in [1.82, 2.24) is 14.5 Å². The first-order valence-electron chi connectivity index (χ1n) is 10.1. The van der Waals surface area contributed by atoms with Gasteiger partial charge in [0.05, 0.1) is 36.9 Å². The molecule has 8 heteroatoms. The lowest BCUT2D eigenvalue weighted by Crippen LogP contribution is -2.28. The molecule has 0 bridgehead atoms. The van der Waals surface area contributed by atoms with Gasteiger partial charge in [-0.05, 0) is 41.3 Å². The molecule has 0 unspecified atom stereocenters. The number of hydrogen-bond donors (Lipinski definition) is 0. The molecule has 6 nitrogen and oxygen atoms in total. The van der Waals surface area contributed by atoms with Crippen LogP contribution in [-0.4, -0.2) is 40.3 Å². The molecular weight excluding hydrogens is 442 g/mol. The number of nitrogens with zero attached hydrogens (tertiary/aromatic N) is 3. The highest BCUT2D eigenvalue weighted by Crippen LogP contribution is 2.21. The molecule has 4 rings (SSSR count). The van der Waals surface area contributed by atoms with E-state index in [0.29, 0.717) is 29.1 Å². The Morgan fingerprint density at radius 3 is 2.62 bits per heavy atom. The summed E-state index contributed by atoms with van der Waals surface area (Å²) in [5.41, 5.74) is 1.46. The molecule has 4 aromatic rings.